The van der Waals surface area contributed by atoms with Gasteiger partial charge in [0.05, 0.1) is 0 Å². The normalized spacial score (nSPS) is 19.1. The van der Waals surface area contributed by atoms with Gasteiger partial charge in [-0.15, -0.1) is 0 Å². The molecule has 0 radical (unpaired) electrons. The highest BCUT2D eigenvalue weighted by atomic mass is 16.1. The molecule has 3 N–H and O–H groups in total. The first-order chi connectivity index (χ1) is 10.1. The van der Waals surface area contributed by atoms with Crippen LogP contribution in [0.2, 0.25) is 0 Å². The third kappa shape index (κ3) is 4.84. The van der Waals surface area contributed by atoms with Crippen molar-refractivity contribution in [3.05, 3.63) is 18.5 Å². The van der Waals surface area contributed by atoms with Gasteiger partial charge in [-0.05, 0) is 36.8 Å². The summed E-state index contributed by atoms with van der Waals surface area (Å²) in [7, 11) is 0. The molecule has 1 atom stereocenters. The molecule has 2 rings (SSSR count). The van der Waals surface area contributed by atoms with E-state index in [1.54, 1.807) is 6.20 Å². The Morgan fingerprint density at radius 3 is 2.81 bits per heavy atom. The maximum absolute atomic E-state index is 12.2. The minimum Gasteiger partial charge on any atom is -0.356 e. The highest BCUT2D eigenvalue weighted by molar-refractivity contribution is 5.76. The molecular weight excluding hydrogens is 264 g/mol. The molecule has 21 heavy (non-hydrogen) atoms. The smallest absolute Gasteiger partial charge is 0.220 e. The van der Waals surface area contributed by atoms with Gasteiger partial charge in [-0.2, -0.15) is 5.10 Å². The minimum atomic E-state index is 0.0492. The Hall–Kier alpha value is -1.36. The molecule has 1 aliphatic carbocycles. The number of nitrogens with zero attached hydrogens (tertiary/aromatic N) is 2. The Morgan fingerprint density at radius 1 is 1.43 bits per heavy atom. The molecule has 0 spiro atoms. The Labute approximate surface area is 127 Å². The van der Waals surface area contributed by atoms with E-state index in [0.717, 1.165) is 19.4 Å². The van der Waals surface area contributed by atoms with Gasteiger partial charge in [0.15, 0.2) is 0 Å². The van der Waals surface area contributed by atoms with E-state index in [1.165, 1.54) is 19.3 Å². The van der Waals surface area contributed by atoms with Crippen molar-refractivity contribution in [3.8, 4) is 0 Å². The fourth-order valence-electron chi connectivity index (χ4n) is 3.24. The summed E-state index contributed by atoms with van der Waals surface area (Å²) in [6, 6.07) is 1.92. The topological polar surface area (TPSA) is 72.9 Å². The second-order valence-electron chi connectivity index (χ2n) is 6.58. The summed E-state index contributed by atoms with van der Waals surface area (Å²) in [5.74, 6) is 0.517. The highest BCUT2D eigenvalue weighted by Gasteiger charge is 2.32. The van der Waals surface area contributed by atoms with Gasteiger partial charge in [0.2, 0.25) is 5.91 Å². The SMILES string of the molecule is CC(CNC(=O)CC1(CN)CCCCC1)Cn1cccn1. The molecule has 1 aromatic rings. The molecule has 0 aromatic carbocycles. The predicted octanol–water partition coefficient (Wildman–Crippen LogP) is 1.93. The Balaban J connectivity index is 1.73. The molecule has 1 unspecified atom stereocenters. The number of aromatic nitrogens is 2. The molecule has 118 valence electrons. The second kappa shape index (κ2) is 7.59. The van der Waals surface area contributed by atoms with Crippen molar-refractivity contribution in [1.29, 1.82) is 0 Å². The third-order valence-electron chi connectivity index (χ3n) is 4.59. The first kappa shape index (κ1) is 16.0. The monoisotopic (exact) mass is 292 g/mol. The molecule has 1 saturated carbocycles. The van der Waals surface area contributed by atoms with Crippen LogP contribution in [0.5, 0.6) is 0 Å². The largest absolute Gasteiger partial charge is 0.356 e. The average molecular weight is 292 g/mol. The van der Waals surface area contributed by atoms with Crippen LogP contribution < -0.4 is 11.1 Å². The molecule has 1 heterocycles. The summed E-state index contributed by atoms with van der Waals surface area (Å²) in [4.78, 5) is 12.2. The van der Waals surface area contributed by atoms with Crippen molar-refractivity contribution in [2.75, 3.05) is 13.1 Å². The fraction of sp³-hybridized carbons (Fsp3) is 0.750. The van der Waals surface area contributed by atoms with E-state index in [-0.39, 0.29) is 11.3 Å². The van der Waals surface area contributed by atoms with Gasteiger partial charge in [-0.3, -0.25) is 9.48 Å². The summed E-state index contributed by atoms with van der Waals surface area (Å²) in [6.07, 6.45) is 10.2. The maximum Gasteiger partial charge on any atom is 0.220 e. The van der Waals surface area contributed by atoms with Crippen molar-refractivity contribution in [3.63, 3.8) is 0 Å². The lowest BCUT2D eigenvalue weighted by atomic mass is 9.71. The van der Waals surface area contributed by atoms with Crippen LogP contribution in [0, 0.1) is 11.3 Å². The van der Waals surface area contributed by atoms with Crippen LogP contribution in [0.25, 0.3) is 0 Å². The predicted molar refractivity (Wildman–Crippen MR) is 83.6 cm³/mol. The Bertz CT molecular complexity index is 423. The molecule has 0 bridgehead atoms. The van der Waals surface area contributed by atoms with Gasteiger partial charge in [0.25, 0.3) is 0 Å². The number of rotatable bonds is 7. The quantitative estimate of drug-likeness (QED) is 0.806. The molecule has 5 heteroatoms. The molecule has 1 aliphatic rings. The third-order valence-corrected chi connectivity index (χ3v) is 4.59. The number of hydrogen-bond donors (Lipinski definition) is 2. The van der Waals surface area contributed by atoms with E-state index >= 15 is 0 Å². The van der Waals surface area contributed by atoms with Gasteiger partial charge in [-0.25, -0.2) is 0 Å². The second-order valence-corrected chi connectivity index (χ2v) is 6.58. The number of carbonyl (C=O) groups is 1. The lowest BCUT2D eigenvalue weighted by Gasteiger charge is -2.35. The molecule has 5 nitrogen and oxygen atoms in total. The van der Waals surface area contributed by atoms with Crippen LogP contribution in [0.15, 0.2) is 18.5 Å². The van der Waals surface area contributed by atoms with E-state index in [9.17, 15) is 4.79 Å². The summed E-state index contributed by atoms with van der Waals surface area (Å²) in [5.41, 5.74) is 5.99. The van der Waals surface area contributed by atoms with Gasteiger partial charge >= 0.3 is 0 Å². The number of nitrogens with two attached hydrogens (primary N) is 1. The average Bonchev–Trinajstić information content (AvgIpc) is 2.99. The Morgan fingerprint density at radius 2 is 2.19 bits per heavy atom. The molecular formula is C16H28N4O. The molecule has 1 fully saturated rings. The number of amides is 1. The van der Waals surface area contributed by atoms with Crippen molar-refractivity contribution in [2.45, 2.75) is 52.0 Å². The van der Waals surface area contributed by atoms with Crippen molar-refractivity contribution >= 4 is 5.91 Å². The van der Waals surface area contributed by atoms with Crippen LogP contribution in [0.4, 0.5) is 0 Å². The van der Waals surface area contributed by atoms with E-state index < -0.39 is 0 Å². The lowest BCUT2D eigenvalue weighted by Crippen LogP contribution is -2.39. The first-order valence-electron chi connectivity index (χ1n) is 8.08. The first-order valence-corrected chi connectivity index (χ1v) is 8.08. The van der Waals surface area contributed by atoms with E-state index in [2.05, 4.69) is 17.3 Å². The standard InChI is InChI=1S/C16H28N4O/c1-14(12-20-9-5-8-19-20)11-18-15(21)10-16(13-17)6-3-2-4-7-16/h5,8-9,14H,2-4,6-7,10-13,17H2,1H3,(H,18,21). The van der Waals surface area contributed by atoms with Gasteiger partial charge in [-0.1, -0.05) is 26.2 Å². The van der Waals surface area contributed by atoms with Gasteiger partial charge in [0, 0.05) is 31.9 Å². The van der Waals surface area contributed by atoms with E-state index in [0.29, 0.717) is 25.4 Å². The lowest BCUT2D eigenvalue weighted by molar-refractivity contribution is -0.124. The molecule has 1 aromatic heterocycles. The van der Waals surface area contributed by atoms with Crippen LogP contribution in [0.1, 0.15) is 45.4 Å². The number of nitrogens with one attached hydrogen (secondary N) is 1. The number of hydrogen-bond acceptors (Lipinski definition) is 3. The maximum atomic E-state index is 12.2. The summed E-state index contributed by atoms with van der Waals surface area (Å²) >= 11 is 0. The summed E-state index contributed by atoms with van der Waals surface area (Å²) < 4.78 is 1.90. The number of carbonyl (C=O) groups excluding carboxylic acids is 1. The zero-order valence-electron chi connectivity index (χ0n) is 13.1. The van der Waals surface area contributed by atoms with Crippen molar-refractivity contribution < 1.29 is 4.79 Å². The molecule has 1 amide bonds. The van der Waals surface area contributed by atoms with Gasteiger partial charge in [0.1, 0.15) is 0 Å². The van der Waals surface area contributed by atoms with Gasteiger partial charge < -0.3 is 11.1 Å². The summed E-state index contributed by atoms with van der Waals surface area (Å²) in [5, 5.41) is 7.25. The van der Waals surface area contributed by atoms with Crippen LogP contribution in [-0.4, -0.2) is 28.8 Å². The minimum absolute atomic E-state index is 0.0492. The van der Waals surface area contributed by atoms with Crippen LogP contribution >= 0.6 is 0 Å². The van der Waals surface area contributed by atoms with Crippen molar-refractivity contribution in [1.82, 2.24) is 15.1 Å². The van der Waals surface area contributed by atoms with Crippen LogP contribution in [0.3, 0.4) is 0 Å². The van der Waals surface area contributed by atoms with Crippen LogP contribution in [-0.2, 0) is 11.3 Å². The molecule has 0 saturated heterocycles. The molecule has 0 aliphatic heterocycles. The van der Waals surface area contributed by atoms with E-state index in [1.807, 2.05) is 16.9 Å². The summed E-state index contributed by atoms with van der Waals surface area (Å²) in [6.45, 7) is 4.28. The fourth-order valence-corrected chi connectivity index (χ4v) is 3.24. The zero-order chi connectivity index (χ0) is 15.1. The van der Waals surface area contributed by atoms with Crippen molar-refractivity contribution in [2.24, 2.45) is 17.1 Å². The zero-order valence-corrected chi connectivity index (χ0v) is 13.1. The highest BCUT2D eigenvalue weighted by Crippen LogP contribution is 2.38. The van der Waals surface area contributed by atoms with E-state index in [4.69, 9.17) is 5.73 Å². The Kier molecular flexibility index (Phi) is 5.79.